The van der Waals surface area contributed by atoms with Gasteiger partial charge in [-0.05, 0) is 31.0 Å². The zero-order chi connectivity index (χ0) is 14.7. The summed E-state index contributed by atoms with van der Waals surface area (Å²) in [5.74, 6) is 1.16. The summed E-state index contributed by atoms with van der Waals surface area (Å²) in [6.07, 6.45) is 2.86. The van der Waals surface area contributed by atoms with Gasteiger partial charge in [-0.2, -0.15) is 0 Å². The predicted molar refractivity (Wildman–Crippen MR) is 81.3 cm³/mol. The van der Waals surface area contributed by atoms with E-state index in [1.807, 2.05) is 4.57 Å². The van der Waals surface area contributed by atoms with Gasteiger partial charge in [-0.3, -0.25) is 0 Å². The monoisotopic (exact) mass is 295 g/mol. The topological polar surface area (TPSA) is 43.8 Å². The first-order chi connectivity index (χ1) is 9.58. The standard InChI is InChI=1S/C15H19ClFN3/c1-3-5-13-19-14(15(18)20(13)8-4-2)10-6-7-12(17)11(16)9-10/h6-7,9H,3-5,8,18H2,1-2H3. The number of aromatic nitrogens is 2. The molecule has 20 heavy (non-hydrogen) atoms. The molecule has 0 amide bonds. The highest BCUT2D eigenvalue weighted by Gasteiger charge is 2.16. The van der Waals surface area contributed by atoms with Gasteiger partial charge in [0.2, 0.25) is 0 Å². The SMILES string of the molecule is CCCc1nc(-c2ccc(F)c(Cl)c2)c(N)n1CCC. The van der Waals surface area contributed by atoms with Crippen LogP contribution in [-0.4, -0.2) is 9.55 Å². The van der Waals surface area contributed by atoms with Crippen LogP contribution < -0.4 is 5.73 Å². The van der Waals surface area contributed by atoms with Crippen molar-refractivity contribution in [3.05, 3.63) is 34.9 Å². The summed E-state index contributed by atoms with van der Waals surface area (Å²) in [5, 5.41) is 0.0870. The Morgan fingerprint density at radius 2 is 2.05 bits per heavy atom. The van der Waals surface area contributed by atoms with E-state index in [4.69, 9.17) is 17.3 Å². The lowest BCUT2D eigenvalue weighted by Gasteiger charge is -2.07. The van der Waals surface area contributed by atoms with Gasteiger partial charge in [-0.1, -0.05) is 25.4 Å². The Hall–Kier alpha value is -1.55. The highest BCUT2D eigenvalue weighted by atomic mass is 35.5. The van der Waals surface area contributed by atoms with Crippen LogP contribution in [0.2, 0.25) is 5.02 Å². The molecule has 0 aliphatic carbocycles. The first kappa shape index (κ1) is 14.9. The van der Waals surface area contributed by atoms with Crippen LogP contribution in [0.3, 0.4) is 0 Å². The summed E-state index contributed by atoms with van der Waals surface area (Å²) in [7, 11) is 0. The Morgan fingerprint density at radius 1 is 1.30 bits per heavy atom. The quantitative estimate of drug-likeness (QED) is 0.894. The van der Waals surface area contributed by atoms with Crippen molar-refractivity contribution in [1.82, 2.24) is 9.55 Å². The van der Waals surface area contributed by atoms with Gasteiger partial charge in [0.05, 0.1) is 5.02 Å². The van der Waals surface area contributed by atoms with Crippen LogP contribution in [0.5, 0.6) is 0 Å². The number of nitrogens with zero attached hydrogens (tertiary/aromatic N) is 2. The van der Waals surface area contributed by atoms with E-state index in [-0.39, 0.29) is 5.02 Å². The van der Waals surface area contributed by atoms with E-state index >= 15 is 0 Å². The van der Waals surface area contributed by atoms with E-state index in [2.05, 4.69) is 18.8 Å². The second-order valence-corrected chi connectivity index (χ2v) is 5.20. The van der Waals surface area contributed by atoms with Crippen molar-refractivity contribution < 1.29 is 4.39 Å². The Labute approximate surface area is 123 Å². The molecule has 0 saturated carbocycles. The highest BCUT2D eigenvalue weighted by molar-refractivity contribution is 6.31. The molecule has 0 aliphatic heterocycles. The van der Waals surface area contributed by atoms with Crippen LogP contribution >= 0.6 is 11.6 Å². The molecule has 2 aromatic rings. The van der Waals surface area contributed by atoms with Gasteiger partial charge in [0, 0.05) is 18.5 Å². The number of imidazole rings is 1. The summed E-state index contributed by atoms with van der Waals surface area (Å²) >= 11 is 5.83. The van der Waals surface area contributed by atoms with Gasteiger partial charge in [0.1, 0.15) is 23.2 Å². The number of hydrogen-bond donors (Lipinski definition) is 1. The molecule has 108 valence electrons. The summed E-state index contributed by atoms with van der Waals surface area (Å²) < 4.78 is 15.3. The van der Waals surface area contributed by atoms with E-state index in [0.29, 0.717) is 11.5 Å². The molecule has 0 radical (unpaired) electrons. The lowest BCUT2D eigenvalue weighted by Crippen LogP contribution is -2.06. The molecule has 5 heteroatoms. The number of rotatable bonds is 5. The second-order valence-electron chi connectivity index (χ2n) is 4.79. The first-order valence-electron chi connectivity index (χ1n) is 6.88. The molecule has 0 spiro atoms. The third kappa shape index (κ3) is 2.80. The van der Waals surface area contributed by atoms with Crippen LogP contribution in [0.25, 0.3) is 11.3 Å². The van der Waals surface area contributed by atoms with E-state index in [1.165, 1.54) is 6.07 Å². The van der Waals surface area contributed by atoms with Crippen molar-refractivity contribution in [2.45, 2.75) is 39.7 Å². The number of anilines is 1. The third-order valence-corrected chi connectivity index (χ3v) is 3.49. The number of benzene rings is 1. The molecule has 0 bridgehead atoms. The molecule has 0 fully saturated rings. The molecule has 0 saturated heterocycles. The number of halogens is 2. The summed E-state index contributed by atoms with van der Waals surface area (Å²) in [4.78, 5) is 4.62. The largest absolute Gasteiger partial charge is 0.383 e. The minimum absolute atomic E-state index is 0.0870. The Balaban J connectivity index is 2.50. The van der Waals surface area contributed by atoms with Crippen LogP contribution in [0.1, 0.15) is 32.5 Å². The van der Waals surface area contributed by atoms with Gasteiger partial charge in [0.25, 0.3) is 0 Å². The molecule has 0 unspecified atom stereocenters. The van der Waals surface area contributed by atoms with Crippen LogP contribution in [0, 0.1) is 5.82 Å². The average Bonchev–Trinajstić information content (AvgIpc) is 2.72. The number of nitrogen functional groups attached to an aromatic ring is 1. The van der Waals surface area contributed by atoms with Crippen molar-refractivity contribution in [2.75, 3.05) is 5.73 Å². The summed E-state index contributed by atoms with van der Waals surface area (Å²) in [6.45, 7) is 5.04. The molecule has 2 N–H and O–H groups in total. The molecule has 1 heterocycles. The molecule has 0 aliphatic rings. The Morgan fingerprint density at radius 3 is 2.65 bits per heavy atom. The van der Waals surface area contributed by atoms with Crippen LogP contribution in [0.15, 0.2) is 18.2 Å². The van der Waals surface area contributed by atoms with Gasteiger partial charge < -0.3 is 10.3 Å². The van der Waals surface area contributed by atoms with Gasteiger partial charge in [-0.25, -0.2) is 9.37 Å². The maximum Gasteiger partial charge on any atom is 0.141 e. The zero-order valence-electron chi connectivity index (χ0n) is 11.8. The van der Waals surface area contributed by atoms with Crippen molar-refractivity contribution in [1.29, 1.82) is 0 Å². The van der Waals surface area contributed by atoms with Gasteiger partial charge in [-0.15, -0.1) is 0 Å². The molecular formula is C15H19ClFN3. The fourth-order valence-corrected chi connectivity index (χ4v) is 2.44. The zero-order valence-corrected chi connectivity index (χ0v) is 12.5. The summed E-state index contributed by atoms with van der Waals surface area (Å²) in [5.41, 5.74) is 7.64. The van der Waals surface area contributed by atoms with Gasteiger partial charge >= 0.3 is 0 Å². The van der Waals surface area contributed by atoms with E-state index in [1.54, 1.807) is 12.1 Å². The number of aryl methyl sites for hydroxylation is 1. The van der Waals surface area contributed by atoms with Crippen molar-refractivity contribution in [3.8, 4) is 11.3 Å². The molecule has 0 atom stereocenters. The fraction of sp³-hybridized carbons (Fsp3) is 0.400. The number of nitrogens with two attached hydrogens (primary N) is 1. The smallest absolute Gasteiger partial charge is 0.141 e. The molecular weight excluding hydrogens is 277 g/mol. The molecule has 1 aromatic heterocycles. The van der Waals surface area contributed by atoms with E-state index < -0.39 is 5.82 Å². The Kier molecular flexibility index (Phi) is 4.65. The summed E-state index contributed by atoms with van der Waals surface area (Å²) in [6, 6.07) is 4.57. The van der Waals surface area contributed by atoms with Crippen molar-refractivity contribution in [2.24, 2.45) is 0 Å². The maximum absolute atomic E-state index is 13.3. The lowest BCUT2D eigenvalue weighted by molar-refractivity contribution is 0.628. The second kappa shape index (κ2) is 6.27. The molecule has 1 aromatic carbocycles. The van der Waals surface area contributed by atoms with Gasteiger partial charge in [0.15, 0.2) is 0 Å². The lowest BCUT2D eigenvalue weighted by atomic mass is 10.1. The Bertz CT molecular complexity index is 607. The number of hydrogen-bond acceptors (Lipinski definition) is 2. The first-order valence-corrected chi connectivity index (χ1v) is 7.26. The normalized spacial score (nSPS) is 11.0. The average molecular weight is 296 g/mol. The third-order valence-electron chi connectivity index (χ3n) is 3.20. The minimum atomic E-state index is -0.434. The maximum atomic E-state index is 13.3. The van der Waals surface area contributed by atoms with Crippen molar-refractivity contribution in [3.63, 3.8) is 0 Å². The highest BCUT2D eigenvalue weighted by Crippen LogP contribution is 2.30. The predicted octanol–water partition coefficient (Wildman–Crippen LogP) is 4.29. The van der Waals surface area contributed by atoms with Crippen LogP contribution in [0.4, 0.5) is 10.2 Å². The minimum Gasteiger partial charge on any atom is -0.383 e. The fourth-order valence-electron chi connectivity index (χ4n) is 2.26. The molecule has 3 nitrogen and oxygen atoms in total. The van der Waals surface area contributed by atoms with E-state index in [0.717, 1.165) is 37.2 Å². The van der Waals surface area contributed by atoms with Crippen molar-refractivity contribution >= 4 is 17.4 Å². The van der Waals surface area contributed by atoms with E-state index in [9.17, 15) is 4.39 Å². The van der Waals surface area contributed by atoms with Crippen LogP contribution in [-0.2, 0) is 13.0 Å². The molecule has 2 rings (SSSR count).